The third kappa shape index (κ3) is 6.28. The minimum absolute atomic E-state index is 0.184. The largest absolute Gasteiger partial charge is 0.445 e. The lowest BCUT2D eigenvalue weighted by molar-refractivity contribution is 0.0890. The first-order valence-electron chi connectivity index (χ1n) is 14.6. The molecule has 0 saturated carbocycles. The Hall–Kier alpha value is -4.21. The predicted octanol–water partition coefficient (Wildman–Crippen LogP) is 5.57. The lowest BCUT2D eigenvalue weighted by Crippen LogP contribution is -2.67. The Bertz CT molecular complexity index is 1500. The van der Waals surface area contributed by atoms with Crippen LogP contribution in [-0.4, -0.2) is 60.7 Å². The lowest BCUT2D eigenvalue weighted by Gasteiger charge is -2.45. The van der Waals surface area contributed by atoms with Crippen molar-refractivity contribution in [3.8, 4) is 0 Å². The van der Waals surface area contributed by atoms with E-state index in [1.807, 2.05) is 42.5 Å². The van der Waals surface area contributed by atoms with Crippen LogP contribution in [0, 0.1) is 0 Å². The summed E-state index contributed by atoms with van der Waals surface area (Å²) in [5.41, 5.74) is 2.37. The first kappa shape index (κ1) is 30.3. The second-order valence-electron chi connectivity index (χ2n) is 12.2. The number of aromatic nitrogens is 2. The van der Waals surface area contributed by atoms with Crippen molar-refractivity contribution in [2.24, 2.45) is 0 Å². The molecule has 0 spiro atoms. The number of benzene rings is 3. The summed E-state index contributed by atoms with van der Waals surface area (Å²) in [5, 5.41) is 6.86. The van der Waals surface area contributed by atoms with Gasteiger partial charge in [0.25, 0.3) is 8.32 Å². The van der Waals surface area contributed by atoms with Gasteiger partial charge in [0.1, 0.15) is 6.61 Å². The maximum Gasteiger partial charge on any atom is 0.410 e. The van der Waals surface area contributed by atoms with Gasteiger partial charge in [-0.3, -0.25) is 0 Å². The predicted molar refractivity (Wildman–Crippen MR) is 170 cm³/mol. The summed E-state index contributed by atoms with van der Waals surface area (Å²) in [6.07, 6.45) is 1.37. The van der Waals surface area contributed by atoms with Crippen molar-refractivity contribution in [1.29, 1.82) is 0 Å². The summed E-state index contributed by atoms with van der Waals surface area (Å²) in [6, 6.07) is 30.3. The molecular formula is C34H40N4O4Si. The molecule has 1 aromatic heterocycles. The van der Waals surface area contributed by atoms with Gasteiger partial charge >= 0.3 is 12.1 Å². The zero-order chi connectivity index (χ0) is 30.6. The van der Waals surface area contributed by atoms with Crippen LogP contribution in [0.2, 0.25) is 5.04 Å². The van der Waals surface area contributed by atoms with Gasteiger partial charge < -0.3 is 19.0 Å². The number of hydrogen-bond donors (Lipinski definition) is 0. The lowest BCUT2D eigenvalue weighted by atomic mass is 10.1. The topological polar surface area (TPSA) is 76.9 Å². The SMILES string of the molecule is CN(C)C(=O)n1cc2c(n1)C(O[Si](c1ccccc1)(c1ccccc1)C(C)(C)C)CCN(C(=O)OCc1ccccc1)C2. The number of rotatable bonds is 6. The molecule has 0 saturated heterocycles. The van der Waals surface area contributed by atoms with Gasteiger partial charge in [0, 0.05) is 32.4 Å². The molecule has 0 fully saturated rings. The maximum atomic E-state index is 13.3. The second-order valence-corrected chi connectivity index (χ2v) is 16.4. The Balaban J connectivity index is 1.55. The van der Waals surface area contributed by atoms with Crippen molar-refractivity contribution in [2.45, 2.75) is 51.5 Å². The molecule has 0 bridgehead atoms. The highest BCUT2D eigenvalue weighted by Crippen LogP contribution is 2.41. The van der Waals surface area contributed by atoms with Crippen molar-refractivity contribution >= 4 is 30.8 Å². The zero-order valence-electron chi connectivity index (χ0n) is 25.6. The van der Waals surface area contributed by atoms with E-state index < -0.39 is 20.5 Å². The fourth-order valence-corrected chi connectivity index (χ4v) is 10.5. The Morgan fingerprint density at radius 3 is 2.00 bits per heavy atom. The molecule has 224 valence electrons. The van der Waals surface area contributed by atoms with Crippen LogP contribution >= 0.6 is 0 Å². The number of ether oxygens (including phenoxy) is 1. The molecule has 0 radical (unpaired) electrons. The van der Waals surface area contributed by atoms with Crippen molar-refractivity contribution in [3.05, 3.63) is 114 Å². The van der Waals surface area contributed by atoms with Gasteiger partial charge in [-0.05, 0) is 27.4 Å². The Morgan fingerprint density at radius 1 is 0.907 bits per heavy atom. The maximum absolute atomic E-state index is 13.3. The quantitative estimate of drug-likeness (QED) is 0.272. The van der Waals surface area contributed by atoms with E-state index in [9.17, 15) is 9.59 Å². The fraction of sp³-hybridized carbons (Fsp3) is 0.324. The molecule has 1 atom stereocenters. The highest BCUT2D eigenvalue weighted by Gasteiger charge is 2.52. The van der Waals surface area contributed by atoms with Crippen LogP contribution < -0.4 is 10.4 Å². The smallest absolute Gasteiger partial charge is 0.410 e. The normalized spacial score (nSPS) is 15.4. The highest BCUT2D eigenvalue weighted by atomic mass is 28.4. The molecule has 5 rings (SSSR count). The molecule has 43 heavy (non-hydrogen) atoms. The van der Waals surface area contributed by atoms with Gasteiger partial charge in [0.15, 0.2) is 0 Å². The highest BCUT2D eigenvalue weighted by molar-refractivity contribution is 6.99. The fourth-order valence-electron chi connectivity index (χ4n) is 5.80. The molecule has 0 aliphatic carbocycles. The summed E-state index contributed by atoms with van der Waals surface area (Å²) in [6.45, 7) is 7.58. The number of hydrogen-bond acceptors (Lipinski definition) is 5. The molecule has 8 nitrogen and oxygen atoms in total. The Labute approximate surface area is 255 Å². The van der Waals surface area contributed by atoms with E-state index in [-0.39, 0.29) is 24.2 Å². The van der Waals surface area contributed by atoms with Crippen LogP contribution in [-0.2, 0) is 22.3 Å². The molecule has 1 aliphatic rings. The summed E-state index contributed by atoms with van der Waals surface area (Å²) >= 11 is 0. The van der Waals surface area contributed by atoms with Crippen LogP contribution in [0.15, 0.2) is 97.2 Å². The zero-order valence-corrected chi connectivity index (χ0v) is 26.6. The van der Waals surface area contributed by atoms with E-state index >= 15 is 0 Å². The van der Waals surface area contributed by atoms with Gasteiger partial charge in [-0.1, -0.05) is 112 Å². The summed E-state index contributed by atoms with van der Waals surface area (Å²) in [4.78, 5) is 29.5. The van der Waals surface area contributed by atoms with Gasteiger partial charge in [0.05, 0.1) is 18.3 Å². The van der Waals surface area contributed by atoms with Gasteiger partial charge in [0.2, 0.25) is 0 Å². The molecule has 4 aromatic rings. The Kier molecular flexibility index (Phi) is 8.84. The van der Waals surface area contributed by atoms with Gasteiger partial charge in [-0.25, -0.2) is 9.59 Å². The molecular weight excluding hydrogens is 556 g/mol. The van der Waals surface area contributed by atoms with Crippen LogP contribution in [0.3, 0.4) is 0 Å². The minimum atomic E-state index is -2.96. The summed E-state index contributed by atoms with van der Waals surface area (Å²) in [7, 11) is 0.431. The van der Waals surface area contributed by atoms with E-state index in [0.717, 1.165) is 21.5 Å². The number of carbonyl (C=O) groups excluding carboxylic acids is 2. The third-order valence-corrected chi connectivity index (χ3v) is 13.0. The van der Waals surface area contributed by atoms with E-state index in [2.05, 4.69) is 69.3 Å². The summed E-state index contributed by atoms with van der Waals surface area (Å²) < 4.78 is 14.6. The van der Waals surface area contributed by atoms with Crippen molar-refractivity contribution in [2.75, 3.05) is 20.6 Å². The van der Waals surface area contributed by atoms with E-state index in [1.54, 1.807) is 25.2 Å². The second kappa shape index (κ2) is 12.6. The number of amides is 2. The molecule has 2 amide bonds. The third-order valence-electron chi connectivity index (χ3n) is 7.93. The Morgan fingerprint density at radius 2 is 1.47 bits per heavy atom. The van der Waals surface area contributed by atoms with Crippen LogP contribution in [0.1, 0.15) is 50.1 Å². The van der Waals surface area contributed by atoms with E-state index in [0.29, 0.717) is 18.7 Å². The molecule has 1 unspecified atom stereocenters. The molecule has 0 N–H and O–H groups in total. The minimum Gasteiger partial charge on any atom is -0.445 e. The van der Waals surface area contributed by atoms with Crippen LogP contribution in [0.4, 0.5) is 9.59 Å². The van der Waals surface area contributed by atoms with Gasteiger partial charge in [-0.2, -0.15) is 9.78 Å². The van der Waals surface area contributed by atoms with E-state index in [1.165, 1.54) is 9.58 Å². The van der Waals surface area contributed by atoms with Gasteiger partial charge in [-0.15, -0.1) is 0 Å². The van der Waals surface area contributed by atoms with Crippen molar-refractivity contribution < 1.29 is 18.8 Å². The molecule has 1 aliphatic heterocycles. The number of carbonyl (C=O) groups is 2. The molecule has 3 aromatic carbocycles. The number of nitrogens with zero attached hydrogens (tertiary/aromatic N) is 4. The first-order valence-corrected chi connectivity index (χ1v) is 16.6. The average Bonchev–Trinajstić information content (AvgIpc) is 3.35. The number of fused-ring (bicyclic) bond motifs is 1. The summed E-state index contributed by atoms with van der Waals surface area (Å²) in [5.74, 6) is 0. The molecule has 9 heteroatoms. The van der Waals surface area contributed by atoms with Crippen LogP contribution in [0.5, 0.6) is 0 Å². The van der Waals surface area contributed by atoms with Crippen molar-refractivity contribution in [3.63, 3.8) is 0 Å². The monoisotopic (exact) mass is 596 g/mol. The average molecular weight is 597 g/mol. The van der Waals surface area contributed by atoms with Crippen molar-refractivity contribution in [1.82, 2.24) is 19.6 Å². The van der Waals surface area contributed by atoms with Crippen LogP contribution in [0.25, 0.3) is 0 Å². The first-order chi connectivity index (χ1) is 20.6. The molecule has 2 heterocycles. The van der Waals surface area contributed by atoms with E-state index in [4.69, 9.17) is 14.3 Å². The standard InChI is InChI=1S/C34H40N4O4Si/c1-34(2,3)43(28-17-11-7-12-18-28,29-19-13-8-14-20-29)42-30-21-22-37(33(40)41-25-26-15-9-6-10-16-26)23-27-24-38(35-31(27)30)32(39)36(4)5/h6-20,24,30H,21-23,25H2,1-5H3.